The van der Waals surface area contributed by atoms with E-state index in [0.29, 0.717) is 11.5 Å². The third-order valence-electron chi connectivity index (χ3n) is 6.81. The van der Waals surface area contributed by atoms with E-state index in [0.717, 1.165) is 51.1 Å². The number of fused-ring (bicyclic) bond motifs is 1. The van der Waals surface area contributed by atoms with Crippen LogP contribution in [-0.4, -0.2) is 35.2 Å². The smallest absolute Gasteiger partial charge is 0.306 e. The van der Waals surface area contributed by atoms with Gasteiger partial charge in [-0.2, -0.15) is 0 Å². The summed E-state index contributed by atoms with van der Waals surface area (Å²) in [7, 11) is 0. The maximum atomic E-state index is 11.1. The molecular weight excluding hydrogens is 362 g/mol. The lowest BCUT2D eigenvalue weighted by molar-refractivity contribution is -0.143. The predicted molar refractivity (Wildman–Crippen MR) is 116 cm³/mol. The highest BCUT2D eigenvalue weighted by molar-refractivity contribution is 5.84. The first-order chi connectivity index (χ1) is 13.9. The Labute approximate surface area is 173 Å². The molecule has 2 aliphatic rings. The quantitative estimate of drug-likeness (QED) is 0.728. The molecule has 2 fully saturated rings. The van der Waals surface area contributed by atoms with Gasteiger partial charge >= 0.3 is 5.97 Å². The summed E-state index contributed by atoms with van der Waals surface area (Å²) < 4.78 is 6.28. The van der Waals surface area contributed by atoms with Crippen LogP contribution in [0.5, 0.6) is 5.75 Å². The largest absolute Gasteiger partial charge is 0.490 e. The monoisotopic (exact) mass is 395 g/mol. The van der Waals surface area contributed by atoms with Crippen LogP contribution in [0.15, 0.2) is 36.4 Å². The van der Waals surface area contributed by atoms with Gasteiger partial charge in [0.2, 0.25) is 0 Å². The van der Waals surface area contributed by atoms with Crippen molar-refractivity contribution in [3.8, 4) is 5.75 Å². The molecule has 2 aromatic carbocycles. The van der Waals surface area contributed by atoms with Crippen molar-refractivity contribution in [3.05, 3.63) is 42.0 Å². The molecule has 4 rings (SSSR count). The number of carbonyl (C=O) groups is 1. The molecular formula is C25H33NO3. The number of piperidine rings is 1. The van der Waals surface area contributed by atoms with Gasteiger partial charge in [-0.15, -0.1) is 0 Å². The molecule has 4 heteroatoms. The van der Waals surface area contributed by atoms with Crippen molar-refractivity contribution < 1.29 is 14.6 Å². The van der Waals surface area contributed by atoms with Gasteiger partial charge in [0.1, 0.15) is 5.75 Å². The van der Waals surface area contributed by atoms with Gasteiger partial charge in [0.15, 0.2) is 0 Å². The molecule has 1 heterocycles. The van der Waals surface area contributed by atoms with Crippen molar-refractivity contribution in [2.24, 2.45) is 11.3 Å². The minimum atomic E-state index is -0.648. The first-order valence-electron chi connectivity index (χ1n) is 11.0. The zero-order chi connectivity index (χ0) is 20.4. The lowest BCUT2D eigenvalue weighted by atomic mass is 9.76. The third kappa shape index (κ3) is 5.11. The van der Waals surface area contributed by atoms with Crippen molar-refractivity contribution >= 4 is 16.7 Å². The van der Waals surface area contributed by atoms with E-state index >= 15 is 0 Å². The number of hydrogen-bond acceptors (Lipinski definition) is 3. The second kappa shape index (κ2) is 8.35. The topological polar surface area (TPSA) is 49.8 Å². The summed E-state index contributed by atoms with van der Waals surface area (Å²) in [5, 5.41) is 11.6. The summed E-state index contributed by atoms with van der Waals surface area (Å²) in [6.45, 7) is 7.31. The number of rotatable bonds is 5. The van der Waals surface area contributed by atoms with Crippen molar-refractivity contribution in [1.29, 1.82) is 0 Å². The molecule has 0 unspecified atom stereocenters. The van der Waals surface area contributed by atoms with Gasteiger partial charge in [0.05, 0.1) is 12.0 Å². The number of hydrogen-bond donors (Lipinski definition) is 1. The standard InChI is InChI=1S/C25H33NO3/c1-25(2)11-7-22(8-12-25)29-23-6-5-20-15-18(3-4-21(20)16-23)17-26-13-9-19(10-14-26)24(27)28/h3-6,15-16,19,22H,7-14,17H2,1-2H3,(H,27,28). The van der Waals surface area contributed by atoms with E-state index in [2.05, 4.69) is 55.1 Å². The zero-order valence-corrected chi connectivity index (χ0v) is 17.7. The lowest BCUT2D eigenvalue weighted by Crippen LogP contribution is -2.35. The van der Waals surface area contributed by atoms with Crippen molar-refractivity contribution in [1.82, 2.24) is 4.90 Å². The van der Waals surface area contributed by atoms with Gasteiger partial charge in [0, 0.05) is 6.54 Å². The Morgan fingerprint density at radius 3 is 2.38 bits per heavy atom. The molecule has 0 amide bonds. The van der Waals surface area contributed by atoms with Gasteiger partial charge in [-0.1, -0.05) is 32.0 Å². The molecule has 1 saturated carbocycles. The number of likely N-dealkylation sites (tertiary alicyclic amines) is 1. The second-order valence-electron chi connectivity index (χ2n) is 9.71. The van der Waals surface area contributed by atoms with Crippen LogP contribution in [0.3, 0.4) is 0 Å². The summed E-state index contributed by atoms with van der Waals surface area (Å²) in [5.41, 5.74) is 1.75. The number of carboxylic acid groups (broad SMARTS) is 1. The molecule has 29 heavy (non-hydrogen) atoms. The first kappa shape index (κ1) is 20.2. The molecule has 4 nitrogen and oxygen atoms in total. The summed E-state index contributed by atoms with van der Waals surface area (Å²) >= 11 is 0. The second-order valence-corrected chi connectivity index (χ2v) is 9.71. The van der Waals surface area contributed by atoms with E-state index in [1.807, 2.05) is 0 Å². The van der Waals surface area contributed by atoms with Gasteiger partial charge in [-0.3, -0.25) is 9.69 Å². The van der Waals surface area contributed by atoms with Crippen LogP contribution >= 0.6 is 0 Å². The van der Waals surface area contributed by atoms with Crippen LogP contribution in [0.25, 0.3) is 10.8 Å². The summed E-state index contributed by atoms with van der Waals surface area (Å²) in [5.74, 6) is 0.160. The Morgan fingerprint density at radius 2 is 1.69 bits per heavy atom. The lowest BCUT2D eigenvalue weighted by Gasteiger charge is -2.34. The van der Waals surface area contributed by atoms with Gasteiger partial charge in [-0.05, 0) is 91.6 Å². The Kier molecular flexibility index (Phi) is 5.82. The Balaban J connectivity index is 1.37. The Bertz CT molecular complexity index is 857. The average Bonchev–Trinajstić information content (AvgIpc) is 2.70. The van der Waals surface area contributed by atoms with Crippen molar-refractivity contribution in [2.75, 3.05) is 13.1 Å². The SMILES string of the molecule is CC1(C)CCC(Oc2ccc3cc(CN4CCC(C(=O)O)CC4)ccc3c2)CC1. The first-order valence-corrected chi connectivity index (χ1v) is 11.0. The van der Waals surface area contributed by atoms with Crippen LogP contribution in [-0.2, 0) is 11.3 Å². The number of aliphatic carboxylic acids is 1. The van der Waals surface area contributed by atoms with Crippen molar-refractivity contribution in [3.63, 3.8) is 0 Å². The number of nitrogens with zero attached hydrogens (tertiary/aromatic N) is 1. The highest BCUT2D eigenvalue weighted by Gasteiger charge is 2.28. The Hall–Kier alpha value is -2.07. The van der Waals surface area contributed by atoms with Crippen LogP contribution in [0.1, 0.15) is 57.9 Å². The highest BCUT2D eigenvalue weighted by Crippen LogP contribution is 2.37. The van der Waals surface area contributed by atoms with E-state index in [1.165, 1.54) is 29.2 Å². The van der Waals surface area contributed by atoms with Crippen LogP contribution in [0.2, 0.25) is 0 Å². The molecule has 0 aromatic heterocycles. The third-order valence-corrected chi connectivity index (χ3v) is 6.81. The predicted octanol–water partition coefficient (Wildman–Crippen LogP) is 5.48. The number of ether oxygens (including phenoxy) is 1. The molecule has 1 saturated heterocycles. The number of benzene rings is 2. The normalized spacial score (nSPS) is 21.3. The molecule has 0 radical (unpaired) electrons. The van der Waals surface area contributed by atoms with Crippen LogP contribution < -0.4 is 4.74 Å². The fraction of sp³-hybridized carbons (Fsp3) is 0.560. The van der Waals surface area contributed by atoms with Crippen molar-refractivity contribution in [2.45, 2.75) is 65.0 Å². The zero-order valence-electron chi connectivity index (χ0n) is 17.7. The summed E-state index contributed by atoms with van der Waals surface area (Å²) in [4.78, 5) is 13.5. The van der Waals surface area contributed by atoms with Gasteiger partial charge in [-0.25, -0.2) is 0 Å². The molecule has 0 bridgehead atoms. The van der Waals surface area contributed by atoms with E-state index in [-0.39, 0.29) is 5.92 Å². The molecule has 1 aliphatic carbocycles. The maximum Gasteiger partial charge on any atom is 0.306 e. The summed E-state index contributed by atoms with van der Waals surface area (Å²) in [6, 6.07) is 13.1. The van der Waals surface area contributed by atoms with E-state index in [1.54, 1.807) is 0 Å². The van der Waals surface area contributed by atoms with E-state index in [4.69, 9.17) is 9.84 Å². The van der Waals surface area contributed by atoms with Gasteiger partial charge in [0.25, 0.3) is 0 Å². The minimum absolute atomic E-state index is 0.170. The summed E-state index contributed by atoms with van der Waals surface area (Å²) in [6.07, 6.45) is 6.60. The van der Waals surface area contributed by atoms with E-state index < -0.39 is 5.97 Å². The van der Waals surface area contributed by atoms with Crippen LogP contribution in [0.4, 0.5) is 0 Å². The molecule has 0 atom stereocenters. The fourth-order valence-corrected chi connectivity index (χ4v) is 4.72. The number of carboxylic acids is 1. The van der Waals surface area contributed by atoms with Gasteiger partial charge < -0.3 is 9.84 Å². The minimum Gasteiger partial charge on any atom is -0.490 e. The molecule has 1 N–H and O–H groups in total. The average molecular weight is 396 g/mol. The maximum absolute atomic E-state index is 11.1. The molecule has 0 spiro atoms. The Morgan fingerprint density at radius 1 is 1.03 bits per heavy atom. The van der Waals surface area contributed by atoms with Crippen LogP contribution in [0, 0.1) is 11.3 Å². The molecule has 156 valence electrons. The molecule has 1 aliphatic heterocycles. The molecule has 2 aromatic rings. The highest BCUT2D eigenvalue weighted by atomic mass is 16.5. The fourth-order valence-electron chi connectivity index (χ4n) is 4.72. The van der Waals surface area contributed by atoms with E-state index in [9.17, 15) is 4.79 Å².